The van der Waals surface area contributed by atoms with Gasteiger partial charge < -0.3 is 14.5 Å². The second kappa shape index (κ2) is 8.25. The lowest BCUT2D eigenvalue weighted by atomic mass is 10.0. The Bertz CT molecular complexity index is 789. The molecule has 0 saturated carbocycles. The van der Waals surface area contributed by atoms with E-state index in [9.17, 15) is 9.59 Å². The lowest BCUT2D eigenvalue weighted by molar-refractivity contribution is 0.0535. The van der Waals surface area contributed by atoms with Gasteiger partial charge in [0.15, 0.2) is 0 Å². The Morgan fingerprint density at radius 1 is 0.778 bits per heavy atom. The molecule has 0 N–H and O–H groups in total. The fraction of sp³-hybridized carbons (Fsp3) is 0.364. The highest BCUT2D eigenvalue weighted by molar-refractivity contribution is 5.96. The molecule has 3 rings (SSSR count). The number of hydrogen-bond acceptors (Lipinski definition) is 3. The maximum absolute atomic E-state index is 12.7. The monoisotopic (exact) mass is 366 g/mol. The Kier molecular flexibility index (Phi) is 5.79. The summed E-state index contributed by atoms with van der Waals surface area (Å²) in [6.07, 6.45) is 0. The summed E-state index contributed by atoms with van der Waals surface area (Å²) in [6, 6.07) is 14.9. The number of carbonyl (C=O) groups is 2. The van der Waals surface area contributed by atoms with Crippen LogP contribution in [0.2, 0.25) is 0 Å². The molecule has 2 amide bonds. The van der Waals surface area contributed by atoms with Crippen molar-refractivity contribution in [1.29, 1.82) is 0 Å². The summed E-state index contributed by atoms with van der Waals surface area (Å²) < 4.78 is 5.13. The van der Waals surface area contributed by atoms with Crippen LogP contribution < -0.4 is 4.74 Å². The van der Waals surface area contributed by atoms with Crippen molar-refractivity contribution in [2.45, 2.75) is 19.8 Å². The van der Waals surface area contributed by atoms with Crippen LogP contribution in [0, 0.1) is 0 Å². The van der Waals surface area contributed by atoms with Gasteiger partial charge >= 0.3 is 0 Å². The van der Waals surface area contributed by atoms with E-state index < -0.39 is 0 Å². The van der Waals surface area contributed by atoms with Crippen molar-refractivity contribution in [2.75, 3.05) is 33.3 Å². The third kappa shape index (κ3) is 4.30. The molecule has 0 unspecified atom stereocenters. The van der Waals surface area contributed by atoms with E-state index in [-0.39, 0.29) is 11.8 Å². The van der Waals surface area contributed by atoms with Gasteiger partial charge in [-0.2, -0.15) is 0 Å². The van der Waals surface area contributed by atoms with Gasteiger partial charge in [-0.15, -0.1) is 0 Å². The summed E-state index contributed by atoms with van der Waals surface area (Å²) in [5, 5.41) is 0. The van der Waals surface area contributed by atoms with E-state index in [0.717, 1.165) is 5.75 Å². The predicted molar refractivity (Wildman–Crippen MR) is 105 cm³/mol. The molecule has 27 heavy (non-hydrogen) atoms. The standard InChI is InChI=1S/C22H26N2O3/c1-16(2)17-4-6-18(7-5-17)21(25)23-12-14-24(15-13-23)22(26)19-8-10-20(27-3)11-9-19/h4-11,16H,12-15H2,1-3H3. The predicted octanol–water partition coefficient (Wildman–Crippen LogP) is 3.42. The highest BCUT2D eigenvalue weighted by atomic mass is 16.5. The van der Waals surface area contributed by atoms with Crippen LogP contribution in [0.3, 0.4) is 0 Å². The van der Waals surface area contributed by atoms with Gasteiger partial charge in [0, 0.05) is 37.3 Å². The van der Waals surface area contributed by atoms with Crippen LogP contribution in [0.25, 0.3) is 0 Å². The van der Waals surface area contributed by atoms with Gasteiger partial charge in [-0.05, 0) is 47.9 Å². The highest BCUT2D eigenvalue weighted by Crippen LogP contribution is 2.18. The first kappa shape index (κ1) is 19.0. The number of piperazine rings is 1. The van der Waals surface area contributed by atoms with E-state index in [4.69, 9.17) is 4.74 Å². The minimum atomic E-state index is -0.00830. The summed E-state index contributed by atoms with van der Waals surface area (Å²) in [7, 11) is 1.60. The van der Waals surface area contributed by atoms with Gasteiger partial charge in [-0.1, -0.05) is 26.0 Å². The van der Waals surface area contributed by atoms with Gasteiger partial charge in [0.1, 0.15) is 5.75 Å². The summed E-state index contributed by atoms with van der Waals surface area (Å²) in [6.45, 7) is 6.45. The van der Waals surface area contributed by atoms with Gasteiger partial charge in [0.2, 0.25) is 0 Å². The Labute approximate surface area is 160 Å². The van der Waals surface area contributed by atoms with E-state index in [2.05, 4.69) is 13.8 Å². The van der Waals surface area contributed by atoms with E-state index in [1.807, 2.05) is 29.2 Å². The zero-order valence-electron chi connectivity index (χ0n) is 16.1. The molecule has 0 aromatic heterocycles. The molecule has 0 radical (unpaired) electrons. The molecule has 0 aliphatic carbocycles. The lowest BCUT2D eigenvalue weighted by Gasteiger charge is -2.35. The summed E-state index contributed by atoms with van der Waals surface area (Å²) in [4.78, 5) is 29.0. The fourth-order valence-electron chi connectivity index (χ4n) is 3.22. The topological polar surface area (TPSA) is 49.9 Å². The van der Waals surface area contributed by atoms with Crippen LogP contribution in [0.4, 0.5) is 0 Å². The SMILES string of the molecule is COc1ccc(C(=O)N2CCN(C(=O)c3ccc(C(C)C)cc3)CC2)cc1. The van der Waals surface area contributed by atoms with Crippen molar-refractivity contribution in [3.63, 3.8) is 0 Å². The van der Waals surface area contributed by atoms with Crippen LogP contribution >= 0.6 is 0 Å². The average Bonchev–Trinajstić information content (AvgIpc) is 2.73. The largest absolute Gasteiger partial charge is 0.497 e. The number of rotatable bonds is 4. The lowest BCUT2D eigenvalue weighted by Crippen LogP contribution is -2.50. The minimum Gasteiger partial charge on any atom is -0.497 e. The van der Waals surface area contributed by atoms with Crippen molar-refractivity contribution in [3.8, 4) is 5.75 Å². The van der Waals surface area contributed by atoms with Crippen molar-refractivity contribution in [1.82, 2.24) is 9.80 Å². The van der Waals surface area contributed by atoms with Crippen LogP contribution in [0.1, 0.15) is 46.0 Å². The van der Waals surface area contributed by atoms with Gasteiger partial charge in [0.25, 0.3) is 11.8 Å². The Morgan fingerprint density at radius 3 is 1.56 bits per heavy atom. The van der Waals surface area contributed by atoms with Crippen molar-refractivity contribution >= 4 is 11.8 Å². The fourth-order valence-corrected chi connectivity index (χ4v) is 3.22. The summed E-state index contributed by atoms with van der Waals surface area (Å²) >= 11 is 0. The van der Waals surface area contributed by atoms with E-state index >= 15 is 0 Å². The maximum Gasteiger partial charge on any atom is 0.253 e. The average molecular weight is 366 g/mol. The second-order valence-corrected chi connectivity index (χ2v) is 7.09. The third-order valence-corrected chi connectivity index (χ3v) is 5.02. The molecule has 1 saturated heterocycles. The Balaban J connectivity index is 1.59. The summed E-state index contributed by atoms with van der Waals surface area (Å²) in [5.74, 6) is 1.19. The molecule has 1 aliphatic heterocycles. The van der Waals surface area contributed by atoms with Crippen LogP contribution in [0.5, 0.6) is 5.75 Å². The highest BCUT2D eigenvalue weighted by Gasteiger charge is 2.25. The first-order valence-corrected chi connectivity index (χ1v) is 9.32. The number of ether oxygens (including phenoxy) is 1. The van der Waals surface area contributed by atoms with Crippen LogP contribution in [-0.2, 0) is 0 Å². The van der Waals surface area contributed by atoms with E-state index in [0.29, 0.717) is 43.2 Å². The maximum atomic E-state index is 12.7. The number of nitrogens with zero attached hydrogens (tertiary/aromatic N) is 2. The molecule has 1 aliphatic rings. The normalized spacial score (nSPS) is 14.4. The number of hydrogen-bond donors (Lipinski definition) is 0. The molecule has 2 aromatic carbocycles. The third-order valence-electron chi connectivity index (χ3n) is 5.02. The van der Waals surface area contributed by atoms with Crippen LogP contribution in [0.15, 0.2) is 48.5 Å². The minimum absolute atomic E-state index is 0.00830. The molecule has 0 bridgehead atoms. The number of carbonyl (C=O) groups excluding carboxylic acids is 2. The van der Waals surface area contributed by atoms with E-state index in [1.165, 1.54) is 5.56 Å². The van der Waals surface area contributed by atoms with Crippen molar-refractivity contribution in [2.24, 2.45) is 0 Å². The molecule has 1 heterocycles. The summed E-state index contributed by atoms with van der Waals surface area (Å²) in [5.41, 5.74) is 2.57. The van der Waals surface area contributed by atoms with Gasteiger partial charge in [-0.3, -0.25) is 9.59 Å². The molecular formula is C22H26N2O3. The van der Waals surface area contributed by atoms with Crippen molar-refractivity contribution in [3.05, 3.63) is 65.2 Å². The number of amides is 2. The van der Waals surface area contributed by atoms with Crippen molar-refractivity contribution < 1.29 is 14.3 Å². The number of methoxy groups -OCH3 is 1. The molecule has 5 heteroatoms. The Hall–Kier alpha value is -2.82. The molecule has 0 atom stereocenters. The quantitative estimate of drug-likeness (QED) is 0.833. The molecule has 1 fully saturated rings. The molecule has 142 valence electrons. The smallest absolute Gasteiger partial charge is 0.253 e. The number of benzene rings is 2. The second-order valence-electron chi connectivity index (χ2n) is 7.09. The zero-order chi connectivity index (χ0) is 19.4. The van der Waals surface area contributed by atoms with E-state index in [1.54, 1.807) is 36.3 Å². The van der Waals surface area contributed by atoms with Gasteiger partial charge in [-0.25, -0.2) is 0 Å². The van der Waals surface area contributed by atoms with Gasteiger partial charge in [0.05, 0.1) is 7.11 Å². The van der Waals surface area contributed by atoms with Crippen LogP contribution in [-0.4, -0.2) is 54.9 Å². The molecule has 2 aromatic rings. The molecule has 0 spiro atoms. The zero-order valence-corrected chi connectivity index (χ0v) is 16.1. The molecular weight excluding hydrogens is 340 g/mol. The molecule has 5 nitrogen and oxygen atoms in total. The first-order chi connectivity index (χ1) is 13.0. The first-order valence-electron chi connectivity index (χ1n) is 9.32. The Morgan fingerprint density at radius 2 is 1.19 bits per heavy atom.